The van der Waals surface area contributed by atoms with Crippen molar-refractivity contribution in [3.05, 3.63) is 0 Å². The molecule has 1 unspecified atom stereocenters. The van der Waals surface area contributed by atoms with Crippen LogP contribution >= 0.6 is 17.7 Å². The zero-order valence-corrected chi connectivity index (χ0v) is 5.96. The Labute approximate surface area is 47.7 Å². The average Bonchev–Trinajstić information content (AvgIpc) is 1.31. The highest BCUT2D eigenvalue weighted by Crippen LogP contribution is 2.42. The first-order valence-corrected chi connectivity index (χ1v) is 6.05. The molecule has 1 atom stereocenters. The predicted octanol–water partition coefficient (Wildman–Crippen LogP) is 1.05. The van der Waals surface area contributed by atoms with Crippen molar-refractivity contribution in [2.45, 2.75) is 0 Å². The number of hydrogen-bond acceptors (Lipinski definition) is 2. The summed E-state index contributed by atoms with van der Waals surface area (Å²) in [5, 5.41) is 0. The second-order valence-electron chi connectivity index (χ2n) is 0.868. The van der Waals surface area contributed by atoms with E-state index < -0.39 is 16.2 Å². The van der Waals surface area contributed by atoms with E-state index in [0.29, 0.717) is 0 Å². The van der Waals surface area contributed by atoms with Crippen LogP contribution in [0.5, 0.6) is 0 Å². The Balaban J connectivity index is 4.10. The summed E-state index contributed by atoms with van der Waals surface area (Å²) in [6, 6.07) is 0. The van der Waals surface area contributed by atoms with E-state index in [2.05, 4.69) is 0 Å². The van der Waals surface area contributed by atoms with Gasteiger partial charge in [0.2, 0.25) is 0 Å². The zero-order chi connectivity index (χ0) is 6.08. The molecule has 0 saturated carbocycles. The molecule has 0 aromatic carbocycles. The summed E-state index contributed by atoms with van der Waals surface area (Å²) >= 11 is 4.98. The first kappa shape index (κ1) is 7.63. The molecule has 0 aromatic heterocycles. The monoisotopic (exact) mass is 162 g/mol. The molecule has 0 heterocycles. The molecular formula is CH4ClO3PS. The van der Waals surface area contributed by atoms with Crippen LogP contribution in [-0.4, -0.2) is 19.6 Å². The molecule has 0 bridgehead atoms. The van der Waals surface area contributed by atoms with Crippen LogP contribution in [-0.2, 0) is 9.74 Å². The lowest BCUT2D eigenvalue weighted by Gasteiger charge is -1.91. The van der Waals surface area contributed by atoms with Gasteiger partial charge in [-0.3, -0.25) is 4.55 Å². The summed E-state index contributed by atoms with van der Waals surface area (Å²) in [6.07, 6.45) is 0. The summed E-state index contributed by atoms with van der Waals surface area (Å²) in [5.74, 6) is 0. The van der Waals surface area contributed by atoms with Gasteiger partial charge in [-0.1, -0.05) is 11.2 Å². The van der Waals surface area contributed by atoms with Gasteiger partial charge in [-0.05, 0) is 6.66 Å². The minimum absolute atomic E-state index is 1.24. The molecule has 0 saturated heterocycles. The summed E-state index contributed by atoms with van der Waals surface area (Å²) in [7, 11) is -3.91. The summed E-state index contributed by atoms with van der Waals surface area (Å²) in [4.78, 5) is 0. The van der Waals surface area contributed by atoms with Gasteiger partial charge in [-0.2, -0.15) is 8.42 Å². The van der Waals surface area contributed by atoms with Crippen molar-refractivity contribution in [2.75, 3.05) is 6.66 Å². The van der Waals surface area contributed by atoms with Gasteiger partial charge in [0.15, 0.2) is 0 Å². The van der Waals surface area contributed by atoms with Gasteiger partial charge in [-0.15, -0.1) is 0 Å². The second kappa shape index (κ2) is 2.27. The van der Waals surface area contributed by atoms with Crippen molar-refractivity contribution in [3.8, 4) is 0 Å². The molecular weight excluding hydrogens is 159 g/mol. The highest BCUT2D eigenvalue weighted by molar-refractivity contribution is 8.55. The van der Waals surface area contributed by atoms with Crippen LogP contribution in [0.2, 0.25) is 0 Å². The number of hydrogen-bond donors (Lipinski definition) is 1. The maximum Gasteiger partial charge on any atom is 0.295 e. The second-order valence-corrected chi connectivity index (χ2v) is 7.76. The van der Waals surface area contributed by atoms with Gasteiger partial charge < -0.3 is 0 Å². The van der Waals surface area contributed by atoms with Crippen LogP contribution in [0.25, 0.3) is 0 Å². The van der Waals surface area contributed by atoms with E-state index in [4.69, 9.17) is 15.8 Å². The smallest absolute Gasteiger partial charge is 0.282 e. The molecule has 0 aromatic rings. The van der Waals surface area contributed by atoms with E-state index in [9.17, 15) is 8.42 Å². The summed E-state index contributed by atoms with van der Waals surface area (Å²) < 4.78 is 27.5. The Morgan fingerprint density at radius 3 is 1.86 bits per heavy atom. The average molecular weight is 163 g/mol. The van der Waals surface area contributed by atoms with Crippen molar-refractivity contribution in [3.63, 3.8) is 0 Å². The van der Waals surface area contributed by atoms with Crippen molar-refractivity contribution in [1.29, 1.82) is 0 Å². The van der Waals surface area contributed by atoms with E-state index in [1.54, 1.807) is 0 Å². The SMILES string of the molecule is CP(Cl)S(=O)(=O)O. The van der Waals surface area contributed by atoms with Crippen molar-refractivity contribution < 1.29 is 13.0 Å². The minimum Gasteiger partial charge on any atom is -0.282 e. The molecule has 0 rings (SSSR count). The van der Waals surface area contributed by atoms with Crippen LogP contribution in [0.1, 0.15) is 0 Å². The molecule has 0 aliphatic carbocycles. The van der Waals surface area contributed by atoms with Crippen LogP contribution in [0, 0.1) is 0 Å². The fourth-order valence-electron chi connectivity index (χ4n) is 0. The molecule has 6 heteroatoms. The van der Waals surface area contributed by atoms with Crippen molar-refractivity contribution >= 4 is 27.5 Å². The van der Waals surface area contributed by atoms with Gasteiger partial charge in [0.1, 0.15) is 6.48 Å². The molecule has 1 N–H and O–H groups in total. The molecule has 0 amide bonds. The van der Waals surface area contributed by atoms with E-state index >= 15 is 0 Å². The maximum absolute atomic E-state index is 9.78. The molecule has 0 aliphatic heterocycles. The normalized spacial score (nSPS) is 16.4. The van der Waals surface area contributed by atoms with E-state index in [1.165, 1.54) is 6.66 Å². The Morgan fingerprint density at radius 1 is 1.71 bits per heavy atom. The molecule has 0 aliphatic rings. The molecule has 0 fully saturated rings. The number of rotatable bonds is 1. The largest absolute Gasteiger partial charge is 0.295 e. The topological polar surface area (TPSA) is 54.4 Å². The molecule has 7 heavy (non-hydrogen) atoms. The quantitative estimate of drug-likeness (QED) is 0.463. The molecule has 44 valence electrons. The lowest BCUT2D eigenvalue weighted by molar-refractivity contribution is 0.502. The highest BCUT2D eigenvalue weighted by atomic mass is 35.7. The first-order valence-electron chi connectivity index (χ1n) is 1.31. The molecule has 0 spiro atoms. The van der Waals surface area contributed by atoms with Gasteiger partial charge in [0, 0.05) is 0 Å². The van der Waals surface area contributed by atoms with E-state index in [0.717, 1.165) is 0 Å². The van der Waals surface area contributed by atoms with E-state index in [-0.39, 0.29) is 0 Å². The van der Waals surface area contributed by atoms with Crippen LogP contribution in [0.3, 0.4) is 0 Å². The maximum atomic E-state index is 9.78. The Bertz CT molecular complexity index is 137. The third-order valence-electron chi connectivity index (χ3n) is 0.318. The lowest BCUT2D eigenvalue weighted by Crippen LogP contribution is -1.86. The highest BCUT2D eigenvalue weighted by Gasteiger charge is 2.11. The summed E-state index contributed by atoms with van der Waals surface area (Å²) in [6.45, 7) is -0.499. The Hall–Kier alpha value is 0.630. The molecule has 3 nitrogen and oxygen atoms in total. The van der Waals surface area contributed by atoms with E-state index in [1.807, 2.05) is 0 Å². The van der Waals surface area contributed by atoms with Crippen LogP contribution in [0.4, 0.5) is 0 Å². The summed E-state index contributed by atoms with van der Waals surface area (Å²) in [5.41, 5.74) is 0. The number of halogens is 1. The third kappa shape index (κ3) is 3.23. The Kier molecular flexibility index (Phi) is 2.47. The minimum atomic E-state index is -3.91. The van der Waals surface area contributed by atoms with Crippen molar-refractivity contribution in [2.24, 2.45) is 0 Å². The van der Waals surface area contributed by atoms with Crippen LogP contribution < -0.4 is 0 Å². The Morgan fingerprint density at radius 2 is 1.86 bits per heavy atom. The van der Waals surface area contributed by atoms with Crippen molar-refractivity contribution in [1.82, 2.24) is 0 Å². The molecule has 0 radical (unpaired) electrons. The van der Waals surface area contributed by atoms with Crippen LogP contribution in [0.15, 0.2) is 0 Å². The third-order valence-corrected chi connectivity index (χ3v) is 4.43. The lowest BCUT2D eigenvalue weighted by atomic mass is 12.0. The van der Waals surface area contributed by atoms with Gasteiger partial charge in [-0.25, -0.2) is 0 Å². The standard InChI is InChI=1S/CH4ClO3PS/c1-6(2)7(3,4)5/h1H3,(H,3,4,5). The van der Waals surface area contributed by atoms with Gasteiger partial charge in [0.25, 0.3) is 9.74 Å². The fraction of sp³-hybridized carbons (Fsp3) is 1.00. The first-order chi connectivity index (χ1) is 2.94. The zero-order valence-electron chi connectivity index (χ0n) is 3.50. The predicted molar refractivity (Wildman–Crippen MR) is 30.2 cm³/mol. The fourth-order valence-corrected chi connectivity index (χ4v) is 0. The van der Waals surface area contributed by atoms with Gasteiger partial charge in [0.05, 0.1) is 0 Å². The van der Waals surface area contributed by atoms with Gasteiger partial charge >= 0.3 is 0 Å².